The second kappa shape index (κ2) is 6.73. The van der Waals surface area contributed by atoms with Gasteiger partial charge in [0, 0.05) is 6.04 Å². The van der Waals surface area contributed by atoms with Crippen LogP contribution in [0.1, 0.15) is 65.2 Å². The molecule has 3 fully saturated rings. The zero-order valence-electron chi connectivity index (χ0n) is 14.8. The maximum absolute atomic E-state index is 12.9. The summed E-state index contributed by atoms with van der Waals surface area (Å²) in [5.41, 5.74) is -0.784. The zero-order valence-corrected chi connectivity index (χ0v) is 14.8. The van der Waals surface area contributed by atoms with Crippen molar-refractivity contribution in [1.82, 2.24) is 15.5 Å². The molecule has 0 bridgehead atoms. The van der Waals surface area contributed by atoms with Gasteiger partial charge in [-0.1, -0.05) is 39.5 Å². The summed E-state index contributed by atoms with van der Waals surface area (Å²) >= 11 is 0. The summed E-state index contributed by atoms with van der Waals surface area (Å²) in [6.45, 7) is 4.00. The van der Waals surface area contributed by atoms with Gasteiger partial charge in [0.15, 0.2) is 0 Å². The van der Waals surface area contributed by atoms with Gasteiger partial charge in [-0.2, -0.15) is 0 Å². The molecule has 1 heterocycles. The highest BCUT2D eigenvalue weighted by atomic mass is 16.2. The second-order valence-corrected chi connectivity index (χ2v) is 7.88. The summed E-state index contributed by atoms with van der Waals surface area (Å²) < 4.78 is 0. The molecule has 3 aliphatic rings. The van der Waals surface area contributed by atoms with Crippen molar-refractivity contribution in [2.45, 2.75) is 76.8 Å². The number of nitrogens with zero attached hydrogens (tertiary/aromatic N) is 1. The number of rotatable bonds is 3. The summed E-state index contributed by atoms with van der Waals surface area (Å²) in [5, 5.41) is 5.92. The Hall–Kier alpha value is -1.59. The molecule has 24 heavy (non-hydrogen) atoms. The van der Waals surface area contributed by atoms with Crippen molar-refractivity contribution in [3.05, 3.63) is 0 Å². The van der Waals surface area contributed by atoms with Crippen LogP contribution in [-0.2, 0) is 9.59 Å². The predicted octanol–water partition coefficient (Wildman–Crippen LogP) is 2.18. The van der Waals surface area contributed by atoms with E-state index < -0.39 is 11.6 Å². The van der Waals surface area contributed by atoms with E-state index >= 15 is 0 Å². The van der Waals surface area contributed by atoms with Crippen LogP contribution in [0, 0.1) is 11.8 Å². The number of hydrogen-bond acceptors (Lipinski definition) is 3. The third-order valence-corrected chi connectivity index (χ3v) is 6.26. The third-order valence-electron chi connectivity index (χ3n) is 6.26. The van der Waals surface area contributed by atoms with Crippen LogP contribution in [0.2, 0.25) is 0 Å². The van der Waals surface area contributed by atoms with Crippen LogP contribution < -0.4 is 10.6 Å². The molecular formula is C18H29N3O3. The minimum atomic E-state index is -0.784. The lowest BCUT2D eigenvalue weighted by Gasteiger charge is -2.36. The molecule has 4 unspecified atom stereocenters. The molecule has 2 N–H and O–H groups in total. The van der Waals surface area contributed by atoms with Gasteiger partial charge in [0.05, 0.1) is 0 Å². The van der Waals surface area contributed by atoms with Gasteiger partial charge < -0.3 is 10.6 Å². The van der Waals surface area contributed by atoms with Crippen molar-refractivity contribution in [2.24, 2.45) is 11.8 Å². The molecule has 6 heteroatoms. The van der Waals surface area contributed by atoms with Crippen LogP contribution in [0.4, 0.5) is 4.79 Å². The number of amides is 4. The van der Waals surface area contributed by atoms with Crippen molar-refractivity contribution >= 4 is 17.8 Å². The van der Waals surface area contributed by atoms with E-state index in [4.69, 9.17) is 0 Å². The van der Waals surface area contributed by atoms with E-state index in [0.29, 0.717) is 12.3 Å². The Bertz CT molecular complexity index is 536. The third kappa shape index (κ3) is 3.03. The van der Waals surface area contributed by atoms with E-state index in [1.165, 1.54) is 6.42 Å². The number of imide groups is 1. The molecule has 3 rings (SSSR count). The molecule has 1 spiro atoms. The molecule has 2 aliphatic carbocycles. The number of carbonyl (C=O) groups is 3. The summed E-state index contributed by atoms with van der Waals surface area (Å²) in [7, 11) is 0. The Morgan fingerprint density at radius 2 is 1.88 bits per heavy atom. The monoisotopic (exact) mass is 335 g/mol. The normalized spacial score (nSPS) is 36.8. The van der Waals surface area contributed by atoms with Gasteiger partial charge in [0.2, 0.25) is 5.91 Å². The summed E-state index contributed by atoms with van der Waals surface area (Å²) in [6.07, 6.45) is 8.08. The van der Waals surface area contributed by atoms with E-state index in [-0.39, 0.29) is 30.3 Å². The molecule has 0 aromatic heterocycles. The SMILES string of the molecule is CC1CCCCC1NC(=O)CN1C(=O)NC2(CCCCC2C)C1=O. The molecule has 0 radical (unpaired) electrons. The highest BCUT2D eigenvalue weighted by Gasteiger charge is 2.55. The van der Waals surface area contributed by atoms with Crippen LogP contribution in [-0.4, -0.2) is 40.9 Å². The van der Waals surface area contributed by atoms with Gasteiger partial charge in [-0.25, -0.2) is 4.79 Å². The van der Waals surface area contributed by atoms with Crippen LogP contribution in [0.3, 0.4) is 0 Å². The topological polar surface area (TPSA) is 78.5 Å². The lowest BCUT2D eigenvalue weighted by Crippen LogP contribution is -2.54. The number of nitrogens with one attached hydrogen (secondary N) is 2. The molecule has 1 aliphatic heterocycles. The van der Waals surface area contributed by atoms with E-state index in [2.05, 4.69) is 17.6 Å². The Balaban J connectivity index is 1.63. The summed E-state index contributed by atoms with van der Waals surface area (Å²) in [4.78, 5) is 38.7. The van der Waals surface area contributed by atoms with E-state index in [9.17, 15) is 14.4 Å². The van der Waals surface area contributed by atoms with Gasteiger partial charge in [-0.05, 0) is 37.5 Å². The van der Waals surface area contributed by atoms with E-state index in [1.54, 1.807) is 0 Å². The van der Waals surface area contributed by atoms with Crippen LogP contribution in [0.25, 0.3) is 0 Å². The number of hydrogen-bond donors (Lipinski definition) is 2. The van der Waals surface area contributed by atoms with Crippen molar-refractivity contribution in [2.75, 3.05) is 6.54 Å². The minimum Gasteiger partial charge on any atom is -0.352 e. The second-order valence-electron chi connectivity index (χ2n) is 7.88. The molecular weight excluding hydrogens is 306 g/mol. The predicted molar refractivity (Wildman–Crippen MR) is 90.2 cm³/mol. The molecule has 0 aromatic rings. The van der Waals surface area contributed by atoms with E-state index in [0.717, 1.165) is 43.4 Å². The fourth-order valence-electron chi connectivity index (χ4n) is 4.57. The first-order chi connectivity index (χ1) is 11.4. The number of carbonyl (C=O) groups excluding carboxylic acids is 3. The minimum absolute atomic E-state index is 0.120. The van der Waals surface area contributed by atoms with Crippen LogP contribution in [0.15, 0.2) is 0 Å². The fourth-order valence-corrected chi connectivity index (χ4v) is 4.57. The average Bonchev–Trinajstić information content (AvgIpc) is 2.78. The maximum atomic E-state index is 12.9. The lowest BCUT2D eigenvalue weighted by atomic mass is 9.73. The molecule has 4 atom stereocenters. The molecule has 1 saturated heterocycles. The Morgan fingerprint density at radius 3 is 2.58 bits per heavy atom. The smallest absolute Gasteiger partial charge is 0.325 e. The standard InChI is InChI=1S/C18H29N3O3/c1-12-7-3-4-9-14(12)19-15(22)11-21-16(23)18(20-17(21)24)10-6-5-8-13(18)2/h12-14H,3-11H2,1-2H3,(H,19,22)(H,20,24). The van der Waals surface area contributed by atoms with Gasteiger partial charge >= 0.3 is 6.03 Å². The molecule has 134 valence electrons. The lowest BCUT2D eigenvalue weighted by molar-refractivity contribution is -0.137. The highest BCUT2D eigenvalue weighted by molar-refractivity contribution is 6.09. The van der Waals surface area contributed by atoms with Crippen molar-refractivity contribution in [1.29, 1.82) is 0 Å². The summed E-state index contributed by atoms with van der Waals surface area (Å²) in [6, 6.07) is -0.254. The molecule has 2 saturated carbocycles. The van der Waals surface area contributed by atoms with E-state index in [1.807, 2.05) is 6.92 Å². The van der Waals surface area contributed by atoms with Gasteiger partial charge in [0.25, 0.3) is 5.91 Å². The van der Waals surface area contributed by atoms with Gasteiger partial charge in [0.1, 0.15) is 12.1 Å². The summed E-state index contributed by atoms with van der Waals surface area (Å²) in [5.74, 6) is 0.133. The highest BCUT2D eigenvalue weighted by Crippen LogP contribution is 2.38. The maximum Gasteiger partial charge on any atom is 0.325 e. The first-order valence-electron chi connectivity index (χ1n) is 9.37. The molecule has 4 amide bonds. The van der Waals surface area contributed by atoms with Gasteiger partial charge in [-0.3, -0.25) is 14.5 Å². The Morgan fingerprint density at radius 1 is 1.17 bits per heavy atom. The fraction of sp³-hybridized carbons (Fsp3) is 0.833. The van der Waals surface area contributed by atoms with Crippen molar-refractivity contribution in [3.63, 3.8) is 0 Å². The first kappa shape index (κ1) is 17.2. The zero-order chi connectivity index (χ0) is 17.3. The largest absolute Gasteiger partial charge is 0.352 e. The Labute approximate surface area is 143 Å². The van der Waals surface area contributed by atoms with Crippen molar-refractivity contribution in [3.8, 4) is 0 Å². The average molecular weight is 335 g/mol. The Kier molecular flexibility index (Phi) is 4.83. The molecule has 6 nitrogen and oxygen atoms in total. The van der Waals surface area contributed by atoms with Crippen LogP contribution >= 0.6 is 0 Å². The van der Waals surface area contributed by atoms with Crippen LogP contribution in [0.5, 0.6) is 0 Å². The quantitative estimate of drug-likeness (QED) is 0.776. The molecule has 0 aromatic carbocycles. The van der Waals surface area contributed by atoms with Gasteiger partial charge in [-0.15, -0.1) is 0 Å². The van der Waals surface area contributed by atoms with Crippen molar-refractivity contribution < 1.29 is 14.4 Å². The number of urea groups is 1. The first-order valence-corrected chi connectivity index (χ1v) is 9.37.